The van der Waals surface area contributed by atoms with Gasteiger partial charge in [0.2, 0.25) is 5.91 Å². The summed E-state index contributed by atoms with van der Waals surface area (Å²) in [7, 11) is 0. The zero-order valence-electron chi connectivity index (χ0n) is 13.3. The molecule has 0 aromatic heterocycles. The topological polar surface area (TPSA) is 32.3 Å². The van der Waals surface area contributed by atoms with Crippen molar-refractivity contribution in [3.8, 4) is 0 Å². The molecule has 1 amide bonds. The molecule has 1 heterocycles. The first-order chi connectivity index (χ1) is 9.86. The number of likely N-dealkylation sites (tertiary alicyclic amines) is 1. The first-order valence-electron chi connectivity index (χ1n) is 7.68. The van der Waals surface area contributed by atoms with Crippen molar-refractivity contribution < 1.29 is 4.79 Å². The number of hydrogen-bond donors (Lipinski definition) is 1. The maximum absolute atomic E-state index is 12.5. The Morgan fingerprint density at radius 3 is 2.57 bits per heavy atom. The summed E-state index contributed by atoms with van der Waals surface area (Å²) in [4.78, 5) is 14.8. The van der Waals surface area contributed by atoms with Crippen molar-refractivity contribution in [2.75, 3.05) is 18.4 Å². The van der Waals surface area contributed by atoms with Crippen LogP contribution in [0.15, 0.2) is 18.2 Å². The largest absolute Gasteiger partial charge is 0.324 e. The van der Waals surface area contributed by atoms with Crippen LogP contribution in [0.5, 0.6) is 0 Å². The second kappa shape index (κ2) is 6.80. The second-order valence-corrected chi connectivity index (χ2v) is 6.96. The van der Waals surface area contributed by atoms with Crippen LogP contribution < -0.4 is 5.32 Å². The van der Waals surface area contributed by atoms with Crippen LogP contribution >= 0.6 is 11.6 Å². The van der Waals surface area contributed by atoms with Crippen LogP contribution in [-0.2, 0) is 4.79 Å². The van der Waals surface area contributed by atoms with Gasteiger partial charge in [-0.1, -0.05) is 31.5 Å². The lowest BCUT2D eigenvalue weighted by atomic mass is 9.91. The Labute approximate surface area is 132 Å². The van der Waals surface area contributed by atoms with Gasteiger partial charge in [0.25, 0.3) is 0 Å². The summed E-state index contributed by atoms with van der Waals surface area (Å²) in [6, 6.07) is 5.45. The highest BCUT2D eigenvalue weighted by Gasteiger charge is 2.28. The fourth-order valence-corrected chi connectivity index (χ4v) is 3.33. The zero-order valence-corrected chi connectivity index (χ0v) is 14.1. The molecule has 0 aliphatic carbocycles. The molecule has 2 rings (SSSR count). The highest BCUT2D eigenvalue weighted by molar-refractivity contribution is 6.31. The van der Waals surface area contributed by atoms with Gasteiger partial charge in [0.15, 0.2) is 0 Å². The number of nitrogens with one attached hydrogen (secondary N) is 1. The van der Waals surface area contributed by atoms with E-state index in [1.54, 1.807) is 0 Å². The lowest BCUT2D eigenvalue weighted by Gasteiger charge is -2.38. The quantitative estimate of drug-likeness (QED) is 0.917. The van der Waals surface area contributed by atoms with Crippen LogP contribution in [0, 0.1) is 18.8 Å². The van der Waals surface area contributed by atoms with Crippen LogP contribution in [0.3, 0.4) is 0 Å². The number of halogens is 1. The van der Waals surface area contributed by atoms with Gasteiger partial charge in [0, 0.05) is 23.8 Å². The summed E-state index contributed by atoms with van der Waals surface area (Å²) in [6.45, 7) is 10.5. The molecule has 1 saturated heterocycles. The molecule has 0 bridgehead atoms. The van der Waals surface area contributed by atoms with E-state index in [2.05, 4.69) is 24.1 Å². The molecule has 1 aromatic carbocycles. The maximum Gasteiger partial charge on any atom is 0.241 e. The number of hydrogen-bond acceptors (Lipinski definition) is 2. The number of nitrogens with zero attached hydrogens (tertiary/aromatic N) is 1. The highest BCUT2D eigenvalue weighted by Crippen LogP contribution is 2.24. The van der Waals surface area contributed by atoms with Gasteiger partial charge in [-0.15, -0.1) is 0 Å². The smallest absolute Gasteiger partial charge is 0.241 e. The predicted octanol–water partition coefficient (Wildman–Crippen LogP) is 3.95. The Hall–Kier alpha value is -1.06. The lowest BCUT2D eigenvalue weighted by Crippen LogP contribution is -2.48. The van der Waals surface area contributed by atoms with Gasteiger partial charge in [0.05, 0.1) is 6.04 Å². The summed E-state index contributed by atoms with van der Waals surface area (Å²) in [5, 5.41) is 3.66. The Morgan fingerprint density at radius 2 is 1.95 bits per heavy atom. The molecular formula is C17H25ClN2O. The molecule has 3 nitrogen and oxygen atoms in total. The number of anilines is 1. The SMILES string of the molecule is Cc1ccc(Cl)cc1NC(=O)[C@@H](C)N1C[C@H](C)C[C@H](C)C1. The fourth-order valence-electron chi connectivity index (χ4n) is 3.16. The minimum atomic E-state index is -0.117. The van der Waals surface area contributed by atoms with E-state index >= 15 is 0 Å². The van der Waals surface area contributed by atoms with Crippen molar-refractivity contribution in [1.29, 1.82) is 0 Å². The fraction of sp³-hybridized carbons (Fsp3) is 0.588. The lowest BCUT2D eigenvalue weighted by molar-refractivity contribution is -0.121. The molecule has 0 spiro atoms. The van der Waals surface area contributed by atoms with Crippen molar-refractivity contribution >= 4 is 23.2 Å². The van der Waals surface area contributed by atoms with E-state index in [1.807, 2.05) is 32.0 Å². The average Bonchev–Trinajstić information content (AvgIpc) is 2.41. The zero-order chi connectivity index (χ0) is 15.6. The normalized spacial score (nSPS) is 24.6. The average molecular weight is 309 g/mol. The Bertz CT molecular complexity index is 508. The summed E-state index contributed by atoms with van der Waals surface area (Å²) in [6.07, 6.45) is 1.25. The minimum absolute atomic E-state index is 0.0432. The van der Waals surface area contributed by atoms with Gasteiger partial charge >= 0.3 is 0 Å². The van der Waals surface area contributed by atoms with Crippen molar-refractivity contribution in [2.45, 2.75) is 40.2 Å². The van der Waals surface area contributed by atoms with Gasteiger partial charge in [-0.2, -0.15) is 0 Å². The number of aryl methyl sites for hydroxylation is 1. The first kappa shape index (κ1) is 16.3. The monoisotopic (exact) mass is 308 g/mol. The first-order valence-corrected chi connectivity index (χ1v) is 8.05. The van der Waals surface area contributed by atoms with E-state index < -0.39 is 0 Å². The maximum atomic E-state index is 12.5. The predicted molar refractivity (Wildman–Crippen MR) is 88.8 cm³/mol. The van der Waals surface area contributed by atoms with Gasteiger partial charge in [-0.25, -0.2) is 0 Å². The summed E-state index contributed by atoms with van der Waals surface area (Å²) in [5.41, 5.74) is 1.83. The number of carbonyl (C=O) groups excluding carboxylic acids is 1. The third-order valence-electron chi connectivity index (χ3n) is 4.28. The molecule has 0 unspecified atom stereocenters. The van der Waals surface area contributed by atoms with Crippen LogP contribution in [0.25, 0.3) is 0 Å². The van der Waals surface area contributed by atoms with Gasteiger partial charge in [-0.05, 0) is 49.8 Å². The van der Waals surface area contributed by atoms with E-state index in [-0.39, 0.29) is 11.9 Å². The summed E-state index contributed by atoms with van der Waals surface area (Å²) < 4.78 is 0. The number of piperidine rings is 1. The molecule has 0 radical (unpaired) electrons. The van der Waals surface area contributed by atoms with Gasteiger partial charge in [-0.3, -0.25) is 9.69 Å². The van der Waals surface area contributed by atoms with Crippen LogP contribution in [0.1, 0.15) is 32.8 Å². The number of amides is 1. The van der Waals surface area contributed by atoms with Crippen LogP contribution in [-0.4, -0.2) is 29.9 Å². The molecule has 1 aliphatic rings. The molecular weight excluding hydrogens is 284 g/mol. The van der Waals surface area contributed by atoms with Crippen LogP contribution in [0.2, 0.25) is 5.02 Å². The Morgan fingerprint density at radius 1 is 1.33 bits per heavy atom. The second-order valence-electron chi connectivity index (χ2n) is 6.52. The number of rotatable bonds is 3. The van der Waals surface area contributed by atoms with Crippen molar-refractivity contribution in [1.82, 2.24) is 4.90 Å². The molecule has 1 fully saturated rings. The molecule has 1 aliphatic heterocycles. The summed E-state index contributed by atoms with van der Waals surface area (Å²) >= 11 is 6.01. The van der Waals surface area contributed by atoms with Crippen LogP contribution in [0.4, 0.5) is 5.69 Å². The molecule has 116 valence electrons. The molecule has 0 saturated carbocycles. The van der Waals surface area contributed by atoms with E-state index in [0.717, 1.165) is 24.3 Å². The van der Waals surface area contributed by atoms with Gasteiger partial charge in [0.1, 0.15) is 0 Å². The molecule has 4 heteroatoms. The third-order valence-corrected chi connectivity index (χ3v) is 4.52. The van der Waals surface area contributed by atoms with E-state index in [4.69, 9.17) is 11.6 Å². The summed E-state index contributed by atoms with van der Waals surface area (Å²) in [5.74, 6) is 1.34. The molecule has 3 atom stereocenters. The standard InChI is InChI=1S/C17H25ClN2O/c1-11-7-12(2)10-20(9-11)14(4)17(21)19-16-8-15(18)6-5-13(16)3/h5-6,8,11-12,14H,7,9-10H2,1-4H3,(H,19,21)/t11-,12+,14-/m1/s1. The number of benzene rings is 1. The van der Waals surface area contributed by atoms with Gasteiger partial charge < -0.3 is 5.32 Å². The highest BCUT2D eigenvalue weighted by atomic mass is 35.5. The Balaban J connectivity index is 2.04. The minimum Gasteiger partial charge on any atom is -0.324 e. The van der Waals surface area contributed by atoms with E-state index in [9.17, 15) is 4.79 Å². The van der Waals surface area contributed by atoms with E-state index in [1.165, 1.54) is 6.42 Å². The molecule has 1 N–H and O–H groups in total. The van der Waals surface area contributed by atoms with Crippen molar-refractivity contribution in [3.05, 3.63) is 28.8 Å². The van der Waals surface area contributed by atoms with Crippen molar-refractivity contribution in [3.63, 3.8) is 0 Å². The molecule has 21 heavy (non-hydrogen) atoms. The third kappa shape index (κ3) is 4.21. The molecule has 1 aromatic rings. The number of carbonyl (C=O) groups is 1. The van der Waals surface area contributed by atoms with Crippen molar-refractivity contribution in [2.24, 2.45) is 11.8 Å². The van der Waals surface area contributed by atoms with E-state index in [0.29, 0.717) is 16.9 Å². The Kier molecular flexibility index (Phi) is 5.28.